The molecule has 222 valence electrons. The van der Waals surface area contributed by atoms with Crippen LogP contribution in [0.2, 0.25) is 0 Å². The van der Waals surface area contributed by atoms with E-state index >= 15 is 0 Å². The molecule has 2 rings (SSSR count). The molecule has 10 nitrogen and oxygen atoms in total. The summed E-state index contributed by atoms with van der Waals surface area (Å²) in [5.74, 6) is 0.0753. The molecule has 40 heavy (non-hydrogen) atoms. The maximum absolute atomic E-state index is 13.5. The largest absolute Gasteiger partial charge is 0.493 e. The molecule has 2 amide bonds. The minimum atomic E-state index is -1.16. The van der Waals surface area contributed by atoms with Crippen molar-refractivity contribution in [1.29, 1.82) is 0 Å². The number of aliphatic hydroxyl groups is 2. The van der Waals surface area contributed by atoms with E-state index in [4.69, 9.17) is 14.2 Å². The van der Waals surface area contributed by atoms with E-state index in [2.05, 4.69) is 11.9 Å². The van der Waals surface area contributed by atoms with Gasteiger partial charge in [0.25, 0.3) is 0 Å². The summed E-state index contributed by atoms with van der Waals surface area (Å²) < 4.78 is 17.7. The Kier molecular flexibility index (Phi) is 15.2. The predicted octanol–water partition coefficient (Wildman–Crippen LogP) is 3.03. The molecule has 3 atom stereocenters. The first kappa shape index (κ1) is 33.7. The number of ether oxygens (including phenoxy) is 3. The van der Waals surface area contributed by atoms with Gasteiger partial charge in [-0.25, -0.2) is 0 Å². The summed E-state index contributed by atoms with van der Waals surface area (Å²) in [6.45, 7) is 6.82. The molecule has 0 saturated carbocycles. The van der Waals surface area contributed by atoms with E-state index in [1.165, 1.54) is 13.2 Å². The van der Waals surface area contributed by atoms with E-state index in [1.54, 1.807) is 17.0 Å². The van der Waals surface area contributed by atoms with Crippen LogP contribution < -0.4 is 14.8 Å². The van der Waals surface area contributed by atoms with Crippen molar-refractivity contribution in [2.75, 3.05) is 40.0 Å². The normalized spacial score (nSPS) is 18.4. The van der Waals surface area contributed by atoms with Crippen LogP contribution in [0.5, 0.6) is 11.5 Å². The van der Waals surface area contributed by atoms with Gasteiger partial charge >= 0.3 is 0 Å². The first-order valence-corrected chi connectivity index (χ1v) is 14.6. The van der Waals surface area contributed by atoms with E-state index < -0.39 is 24.2 Å². The zero-order valence-electron chi connectivity index (χ0n) is 23.3. The van der Waals surface area contributed by atoms with E-state index in [1.807, 2.05) is 35.6 Å². The van der Waals surface area contributed by atoms with Crippen LogP contribution in [-0.2, 0) is 14.3 Å². The molecule has 0 aromatic heterocycles. The van der Waals surface area contributed by atoms with Crippen LogP contribution in [0, 0.1) is 3.57 Å². The molecule has 0 saturated heterocycles. The lowest BCUT2D eigenvalue weighted by molar-refractivity contribution is -0.139. The molecule has 0 heterocycles. The zero-order chi connectivity index (χ0) is 29.5. The summed E-state index contributed by atoms with van der Waals surface area (Å²) in [5, 5.41) is 23.4. The Bertz CT molecular complexity index is 1030. The summed E-state index contributed by atoms with van der Waals surface area (Å²) in [6.07, 6.45) is 5.18. The third-order valence-electron chi connectivity index (χ3n) is 6.52. The number of halogens is 1. The van der Waals surface area contributed by atoms with Crippen molar-refractivity contribution in [2.24, 2.45) is 0 Å². The minimum absolute atomic E-state index is 0.0636. The Morgan fingerprint density at radius 3 is 2.70 bits per heavy atom. The summed E-state index contributed by atoms with van der Waals surface area (Å²) in [7, 11) is 1.45. The maximum atomic E-state index is 13.5. The summed E-state index contributed by atoms with van der Waals surface area (Å²) >= 11 is 2.02. The summed E-state index contributed by atoms with van der Waals surface area (Å²) in [6, 6.07) is 2.42. The highest BCUT2D eigenvalue weighted by atomic mass is 127. The van der Waals surface area contributed by atoms with Gasteiger partial charge in [0.2, 0.25) is 11.8 Å². The van der Waals surface area contributed by atoms with Gasteiger partial charge in [0.1, 0.15) is 18.5 Å². The van der Waals surface area contributed by atoms with E-state index in [0.29, 0.717) is 71.5 Å². The van der Waals surface area contributed by atoms with Gasteiger partial charge in [-0.05, 0) is 73.4 Å². The molecule has 1 aromatic carbocycles. The quantitative estimate of drug-likeness (QED) is 0.0939. The second-order valence-corrected chi connectivity index (χ2v) is 10.5. The fraction of sp³-hybridized carbons (Fsp3) is 0.552. The minimum Gasteiger partial charge on any atom is -0.493 e. The van der Waals surface area contributed by atoms with Crippen LogP contribution in [0.25, 0.3) is 0 Å². The first-order valence-electron chi connectivity index (χ1n) is 13.6. The monoisotopic (exact) mass is 672 g/mol. The second kappa shape index (κ2) is 18.1. The molecule has 0 fully saturated rings. The third kappa shape index (κ3) is 9.86. The number of aldehydes is 1. The van der Waals surface area contributed by atoms with Crippen LogP contribution in [0.15, 0.2) is 36.4 Å². The Labute approximate surface area is 249 Å². The molecule has 0 aliphatic heterocycles. The molecular weight excluding hydrogens is 631 g/mol. The van der Waals surface area contributed by atoms with E-state index in [0.717, 1.165) is 12.8 Å². The molecule has 11 heteroatoms. The van der Waals surface area contributed by atoms with Crippen LogP contribution in [0.4, 0.5) is 0 Å². The van der Waals surface area contributed by atoms with Gasteiger partial charge in [0.15, 0.2) is 11.5 Å². The van der Waals surface area contributed by atoms with Crippen molar-refractivity contribution in [1.82, 2.24) is 10.2 Å². The molecular formula is C29H41IN2O8. The topological polar surface area (TPSA) is 135 Å². The van der Waals surface area contributed by atoms with Crippen molar-refractivity contribution in [3.8, 4) is 11.5 Å². The van der Waals surface area contributed by atoms with Gasteiger partial charge in [0.05, 0.1) is 23.3 Å². The van der Waals surface area contributed by atoms with Crippen molar-refractivity contribution in [3.05, 3.63) is 45.6 Å². The number of rotatable bonds is 18. The van der Waals surface area contributed by atoms with E-state index in [-0.39, 0.29) is 25.5 Å². The lowest BCUT2D eigenvalue weighted by Gasteiger charge is -2.41. The molecule has 1 aromatic rings. The molecule has 0 spiro atoms. The van der Waals surface area contributed by atoms with Crippen LogP contribution >= 0.6 is 22.6 Å². The summed E-state index contributed by atoms with van der Waals surface area (Å²) in [4.78, 5) is 39.4. The van der Waals surface area contributed by atoms with Gasteiger partial charge in [-0.3, -0.25) is 14.4 Å². The molecule has 0 unspecified atom stereocenters. The molecule has 3 N–H and O–H groups in total. The Balaban J connectivity index is 2.44. The lowest BCUT2D eigenvalue weighted by atomic mass is 9.87. The second-order valence-electron chi connectivity index (χ2n) is 9.34. The SMILES string of the molecule is C=CCCCCC(=O)N(CCCOCC)[C@@H]1CC(C(=O)NCCO)=C[C@H](Oc2c(I)cc(C=O)cc2OC)[C@H]1O. The van der Waals surface area contributed by atoms with Crippen LogP contribution in [0.3, 0.4) is 0 Å². The number of hydrogen-bond acceptors (Lipinski definition) is 8. The standard InChI is InChI=1S/C29H41IN2O8/c1-4-6-7-8-10-26(35)32(12-9-14-39-5-2)23-17-21(29(37)31-11-13-33)18-24(27(23)36)40-28-22(30)15-20(19-34)16-25(28)38-3/h4,15-16,18-19,23-24,27,33,36H,1,5-14,17H2,2-3H3,(H,31,37)/t23-,24+,27+/m1/s1. The fourth-order valence-electron chi connectivity index (χ4n) is 4.50. The average molecular weight is 673 g/mol. The van der Waals surface area contributed by atoms with Crippen LogP contribution in [0.1, 0.15) is 55.8 Å². The number of unbranched alkanes of at least 4 members (excludes halogenated alkanes) is 2. The Morgan fingerprint density at radius 2 is 2.05 bits per heavy atom. The van der Waals surface area contributed by atoms with Crippen molar-refractivity contribution in [3.63, 3.8) is 0 Å². The smallest absolute Gasteiger partial charge is 0.247 e. The fourth-order valence-corrected chi connectivity index (χ4v) is 5.26. The lowest BCUT2D eigenvalue weighted by Crippen LogP contribution is -2.55. The number of methoxy groups -OCH3 is 1. The Morgan fingerprint density at radius 1 is 1.27 bits per heavy atom. The summed E-state index contributed by atoms with van der Waals surface area (Å²) in [5.41, 5.74) is 0.735. The maximum Gasteiger partial charge on any atom is 0.247 e. The molecule has 1 aliphatic rings. The highest BCUT2D eigenvalue weighted by Gasteiger charge is 2.40. The number of carbonyl (C=O) groups excluding carboxylic acids is 3. The number of nitrogens with one attached hydrogen (secondary N) is 1. The van der Waals surface area contributed by atoms with Crippen molar-refractivity contribution >= 4 is 40.7 Å². The third-order valence-corrected chi connectivity index (χ3v) is 7.32. The Hall–Kier alpha value is -2.48. The number of allylic oxidation sites excluding steroid dienone is 1. The predicted molar refractivity (Wildman–Crippen MR) is 160 cm³/mol. The first-order chi connectivity index (χ1) is 19.3. The van der Waals surface area contributed by atoms with Gasteiger partial charge in [-0.2, -0.15) is 0 Å². The number of amides is 2. The number of benzene rings is 1. The highest BCUT2D eigenvalue weighted by Crippen LogP contribution is 2.37. The van der Waals surface area contributed by atoms with Crippen molar-refractivity contribution in [2.45, 2.75) is 63.7 Å². The molecule has 1 aliphatic carbocycles. The van der Waals surface area contributed by atoms with Gasteiger partial charge < -0.3 is 34.6 Å². The van der Waals surface area contributed by atoms with E-state index in [9.17, 15) is 24.6 Å². The number of nitrogens with zero attached hydrogens (tertiary/aromatic N) is 1. The number of carbonyl (C=O) groups is 3. The zero-order valence-corrected chi connectivity index (χ0v) is 25.4. The average Bonchev–Trinajstić information content (AvgIpc) is 2.95. The van der Waals surface area contributed by atoms with Crippen LogP contribution in [-0.4, -0.2) is 91.5 Å². The number of hydrogen-bond donors (Lipinski definition) is 3. The van der Waals surface area contributed by atoms with Gasteiger partial charge in [-0.1, -0.05) is 6.08 Å². The van der Waals surface area contributed by atoms with Crippen molar-refractivity contribution < 1.29 is 38.8 Å². The molecule has 0 bridgehead atoms. The number of aliphatic hydroxyl groups excluding tert-OH is 2. The molecule has 0 radical (unpaired) electrons. The van der Waals surface area contributed by atoms with Gasteiger partial charge in [0, 0.05) is 50.3 Å². The van der Waals surface area contributed by atoms with Gasteiger partial charge in [-0.15, -0.1) is 6.58 Å². The highest BCUT2D eigenvalue weighted by molar-refractivity contribution is 14.1.